The molecule has 1 aliphatic carbocycles. The first-order valence-electron chi connectivity index (χ1n) is 15.0. The average Bonchev–Trinajstić information content (AvgIpc) is 3.41. The van der Waals surface area contributed by atoms with Crippen LogP contribution in [0.5, 0.6) is 0 Å². The van der Waals surface area contributed by atoms with Gasteiger partial charge in [-0.3, -0.25) is 9.59 Å². The van der Waals surface area contributed by atoms with Crippen LogP contribution in [-0.4, -0.2) is 125 Å². The summed E-state index contributed by atoms with van der Waals surface area (Å²) in [6.45, 7) is 2.12. The Morgan fingerprint density at radius 2 is 1.18 bits per heavy atom. The Bertz CT molecular complexity index is 941. The van der Waals surface area contributed by atoms with E-state index in [9.17, 15) is 26.4 Å². The van der Waals surface area contributed by atoms with E-state index < -0.39 is 31.8 Å². The van der Waals surface area contributed by atoms with Gasteiger partial charge in [0.1, 0.15) is 12.1 Å². The van der Waals surface area contributed by atoms with E-state index in [1.54, 1.807) is 23.9 Å². The van der Waals surface area contributed by atoms with Crippen molar-refractivity contribution in [3.05, 3.63) is 0 Å². The van der Waals surface area contributed by atoms with Gasteiger partial charge >= 0.3 is 0 Å². The molecule has 0 bridgehead atoms. The molecule has 4 aliphatic rings. The smallest absolute Gasteiger partial charge is 0.240 e. The summed E-state index contributed by atoms with van der Waals surface area (Å²) >= 11 is 1.93. The zero-order valence-corrected chi connectivity index (χ0v) is 26.8. The minimum Gasteiger partial charge on any atom is -0.340 e. The maximum absolute atomic E-state index is 12.4. The van der Waals surface area contributed by atoms with Gasteiger partial charge in [-0.25, -0.2) is 16.8 Å². The van der Waals surface area contributed by atoms with Crippen molar-refractivity contribution in [2.45, 2.75) is 81.5 Å². The van der Waals surface area contributed by atoms with Crippen LogP contribution < -0.4 is 10.6 Å². The highest BCUT2D eigenvalue weighted by Gasteiger charge is 2.35. The molecule has 1 saturated carbocycles. The lowest BCUT2D eigenvalue weighted by Gasteiger charge is -2.27. The lowest BCUT2D eigenvalue weighted by Crippen LogP contribution is -2.48. The number of likely N-dealkylation sites (N-methyl/N-ethyl adjacent to an activating group) is 2. The largest absolute Gasteiger partial charge is 0.340 e. The molecule has 3 unspecified atom stereocenters. The van der Waals surface area contributed by atoms with Gasteiger partial charge in [0.25, 0.3) is 0 Å². The molecule has 3 heterocycles. The molecule has 2 N–H and O–H groups in total. The van der Waals surface area contributed by atoms with Crippen molar-refractivity contribution in [3.8, 4) is 0 Å². The second kappa shape index (κ2) is 16.1. The number of hydrogen-bond acceptors (Lipinski definition) is 9. The zero-order chi connectivity index (χ0) is 29.2. The monoisotopic (exact) mass is 622 g/mol. The molecule has 0 aromatic carbocycles. The Morgan fingerprint density at radius 1 is 0.700 bits per heavy atom. The van der Waals surface area contributed by atoms with E-state index in [1.807, 2.05) is 11.8 Å². The van der Waals surface area contributed by atoms with Gasteiger partial charge in [0.05, 0.1) is 23.0 Å². The molecule has 3 saturated heterocycles. The number of carbonyl (C=O) groups excluding carboxylic acids is 2. The molecular formula is C27H50N4O6S3. The normalized spacial score (nSPS) is 30.3. The Balaban J connectivity index is 0.000000220. The molecule has 0 aromatic heterocycles. The van der Waals surface area contributed by atoms with Crippen LogP contribution in [0.3, 0.4) is 0 Å². The Morgan fingerprint density at radius 3 is 1.70 bits per heavy atom. The first-order valence-corrected chi connectivity index (χ1v) is 19.7. The number of rotatable bonds is 6. The Hall–Kier alpha value is -0.890. The van der Waals surface area contributed by atoms with Gasteiger partial charge in [0.15, 0.2) is 19.7 Å². The minimum atomic E-state index is -3.13. The molecule has 232 valence electrons. The summed E-state index contributed by atoms with van der Waals surface area (Å²) in [5.41, 5.74) is 0. The summed E-state index contributed by atoms with van der Waals surface area (Å²) in [5, 5.41) is 6.17. The second-order valence-corrected chi connectivity index (χ2v) is 17.5. The van der Waals surface area contributed by atoms with Crippen molar-refractivity contribution in [1.82, 2.24) is 20.4 Å². The van der Waals surface area contributed by atoms with E-state index in [0.717, 1.165) is 18.7 Å². The predicted molar refractivity (Wildman–Crippen MR) is 162 cm³/mol. The van der Waals surface area contributed by atoms with Crippen molar-refractivity contribution in [1.29, 1.82) is 0 Å². The molecule has 3 atom stereocenters. The predicted octanol–water partition coefficient (Wildman–Crippen LogP) is 1.31. The number of thioether (sulfide) groups is 1. The quantitative estimate of drug-likeness (QED) is 0.421. The number of hydrogen-bond donors (Lipinski definition) is 2. The van der Waals surface area contributed by atoms with Crippen molar-refractivity contribution in [3.63, 3.8) is 0 Å². The van der Waals surface area contributed by atoms with Crippen LogP contribution in [0.2, 0.25) is 0 Å². The molecular weight excluding hydrogens is 573 g/mol. The van der Waals surface area contributed by atoms with Gasteiger partial charge in [0.2, 0.25) is 11.8 Å². The van der Waals surface area contributed by atoms with Crippen molar-refractivity contribution in [2.75, 3.05) is 69.0 Å². The highest BCUT2D eigenvalue weighted by atomic mass is 32.2. The molecule has 40 heavy (non-hydrogen) atoms. The van der Waals surface area contributed by atoms with Crippen molar-refractivity contribution < 1.29 is 26.4 Å². The van der Waals surface area contributed by atoms with E-state index >= 15 is 0 Å². The lowest BCUT2D eigenvalue weighted by atomic mass is 9.99. The first kappa shape index (κ1) is 33.6. The van der Waals surface area contributed by atoms with Gasteiger partial charge < -0.3 is 20.4 Å². The fourth-order valence-electron chi connectivity index (χ4n) is 5.99. The molecule has 13 heteroatoms. The molecule has 0 radical (unpaired) electrons. The summed E-state index contributed by atoms with van der Waals surface area (Å²) in [5.74, 6) is 1.65. The molecule has 3 aliphatic heterocycles. The van der Waals surface area contributed by atoms with Crippen LogP contribution in [-0.2, 0) is 29.3 Å². The average molecular weight is 623 g/mol. The number of nitrogens with zero attached hydrogens (tertiary/aromatic N) is 2. The molecule has 2 amide bonds. The standard InChI is InChI=1S/C14H26N2O3S.C13H24N2O3S2/c1-15-13-11-20(18,19)9-8-16(14(13)17)10-12-6-4-2-3-5-7-12;1-14-12-10-20(17,18)8-6-15(13(12)16)9-11-5-3-2-4-7-19-11/h12-13,15H,2-11H2,1H3;11-12,14H,2-10H2,1H3. The van der Waals surface area contributed by atoms with Crippen LogP contribution >= 0.6 is 11.8 Å². The van der Waals surface area contributed by atoms with Gasteiger partial charge in [-0.05, 0) is 51.4 Å². The SMILES string of the molecule is CNC1CS(=O)(=O)CCN(CC2CCCCCC2)C1=O.CNC1CS(=O)(=O)CCN(CC2CCCCCS2)C1=O. The second-order valence-electron chi connectivity index (χ2n) is 11.7. The van der Waals surface area contributed by atoms with Crippen LogP contribution in [0, 0.1) is 5.92 Å². The summed E-state index contributed by atoms with van der Waals surface area (Å²) < 4.78 is 47.4. The van der Waals surface area contributed by atoms with Gasteiger partial charge in [0, 0.05) is 31.4 Å². The fourth-order valence-corrected chi connectivity index (χ4v) is 10.3. The highest BCUT2D eigenvalue weighted by Crippen LogP contribution is 2.26. The van der Waals surface area contributed by atoms with Crippen molar-refractivity contribution >= 4 is 43.3 Å². The van der Waals surface area contributed by atoms with Crippen LogP contribution in [0.1, 0.15) is 64.2 Å². The number of sulfone groups is 2. The number of nitrogens with one attached hydrogen (secondary N) is 2. The lowest BCUT2D eigenvalue weighted by molar-refractivity contribution is -0.133. The minimum absolute atomic E-state index is 0.0437. The third-order valence-electron chi connectivity index (χ3n) is 8.50. The summed E-state index contributed by atoms with van der Waals surface area (Å²) in [4.78, 5) is 28.4. The molecule has 10 nitrogen and oxygen atoms in total. The third-order valence-corrected chi connectivity index (χ3v) is 13.2. The van der Waals surface area contributed by atoms with E-state index in [1.165, 1.54) is 57.8 Å². The molecule has 4 fully saturated rings. The Kier molecular flexibility index (Phi) is 13.5. The van der Waals surface area contributed by atoms with Gasteiger partial charge in [-0.1, -0.05) is 38.5 Å². The van der Waals surface area contributed by atoms with Gasteiger partial charge in [-0.2, -0.15) is 11.8 Å². The summed E-state index contributed by atoms with van der Waals surface area (Å²) in [7, 11) is -2.93. The van der Waals surface area contributed by atoms with E-state index in [2.05, 4.69) is 10.6 Å². The topological polar surface area (TPSA) is 133 Å². The van der Waals surface area contributed by atoms with Crippen LogP contribution in [0.15, 0.2) is 0 Å². The fraction of sp³-hybridized carbons (Fsp3) is 0.926. The first-order chi connectivity index (χ1) is 19.0. The van der Waals surface area contributed by atoms with E-state index in [-0.39, 0.29) is 34.8 Å². The summed E-state index contributed by atoms with van der Waals surface area (Å²) in [6.07, 6.45) is 12.3. The van der Waals surface area contributed by atoms with E-state index in [4.69, 9.17) is 0 Å². The Labute approximate surface area is 246 Å². The van der Waals surface area contributed by atoms with E-state index in [0.29, 0.717) is 30.8 Å². The van der Waals surface area contributed by atoms with Crippen LogP contribution in [0.25, 0.3) is 0 Å². The zero-order valence-electron chi connectivity index (χ0n) is 24.3. The van der Waals surface area contributed by atoms with Crippen LogP contribution in [0.4, 0.5) is 0 Å². The van der Waals surface area contributed by atoms with Gasteiger partial charge in [-0.15, -0.1) is 0 Å². The summed E-state index contributed by atoms with van der Waals surface area (Å²) in [6, 6.07) is -1.16. The number of carbonyl (C=O) groups is 2. The number of amides is 2. The van der Waals surface area contributed by atoms with Crippen molar-refractivity contribution in [2.24, 2.45) is 5.92 Å². The molecule has 4 rings (SSSR count). The third kappa shape index (κ3) is 10.7. The molecule has 0 aromatic rings. The maximum atomic E-state index is 12.4. The molecule has 0 spiro atoms. The maximum Gasteiger partial charge on any atom is 0.240 e. The highest BCUT2D eigenvalue weighted by molar-refractivity contribution is 7.99.